The third kappa shape index (κ3) is 5.63. The van der Waals surface area contributed by atoms with Crippen molar-refractivity contribution in [3.63, 3.8) is 0 Å². The van der Waals surface area contributed by atoms with Crippen molar-refractivity contribution in [3.05, 3.63) is 71.3 Å². The largest absolute Gasteiger partial charge is 0.348 e. The fourth-order valence-corrected chi connectivity index (χ4v) is 2.24. The summed E-state index contributed by atoms with van der Waals surface area (Å²) in [5.41, 5.74) is 3.44. The Bertz CT molecular complexity index is 835. The van der Waals surface area contributed by atoms with Crippen LogP contribution in [0.15, 0.2) is 54.6 Å². The number of hydrogen-bond donors (Lipinski definition) is 2. The maximum atomic E-state index is 12.0. The summed E-state index contributed by atoms with van der Waals surface area (Å²) in [7, 11) is 0. The quantitative estimate of drug-likeness (QED) is 0.797. The van der Waals surface area contributed by atoms with Crippen molar-refractivity contribution in [1.29, 1.82) is 5.26 Å². The molecule has 25 heavy (non-hydrogen) atoms. The molecule has 0 atom stereocenters. The van der Waals surface area contributed by atoms with Crippen LogP contribution in [0.25, 0.3) is 6.08 Å². The number of anilines is 1. The highest BCUT2D eigenvalue weighted by Gasteiger charge is 2.06. The van der Waals surface area contributed by atoms with E-state index in [9.17, 15) is 9.59 Å². The molecule has 0 aliphatic heterocycles. The predicted octanol–water partition coefficient (Wildman–Crippen LogP) is 3.18. The minimum Gasteiger partial charge on any atom is -0.348 e. The fraction of sp³-hybridized carbons (Fsp3) is 0.150. The molecule has 2 rings (SSSR count). The van der Waals surface area contributed by atoms with Gasteiger partial charge in [-0.25, -0.2) is 0 Å². The Morgan fingerprint density at radius 3 is 2.60 bits per heavy atom. The summed E-state index contributed by atoms with van der Waals surface area (Å²) in [6.45, 7) is 2.26. The van der Waals surface area contributed by atoms with Gasteiger partial charge in [-0.05, 0) is 35.8 Å². The normalized spacial score (nSPS) is 10.2. The van der Waals surface area contributed by atoms with Gasteiger partial charge in [0.2, 0.25) is 11.8 Å². The number of carbonyl (C=O) groups excluding carboxylic acids is 2. The SMILES string of the molecule is Cc1ccccc1/C=C/C(=O)NCc1ccccc1NC(=O)CC#N. The van der Waals surface area contributed by atoms with E-state index in [1.807, 2.05) is 43.3 Å². The highest BCUT2D eigenvalue weighted by Crippen LogP contribution is 2.15. The number of para-hydroxylation sites is 1. The van der Waals surface area contributed by atoms with Crippen molar-refractivity contribution in [1.82, 2.24) is 5.32 Å². The van der Waals surface area contributed by atoms with Crippen LogP contribution in [0.4, 0.5) is 5.69 Å². The molecule has 0 spiro atoms. The molecule has 0 unspecified atom stereocenters. The van der Waals surface area contributed by atoms with Crippen LogP contribution < -0.4 is 10.6 Å². The second-order valence-electron chi connectivity index (χ2n) is 5.45. The van der Waals surface area contributed by atoms with E-state index >= 15 is 0 Å². The van der Waals surface area contributed by atoms with Crippen LogP contribution in [-0.2, 0) is 16.1 Å². The van der Waals surface area contributed by atoms with Gasteiger partial charge in [0.25, 0.3) is 0 Å². The number of nitrogens with one attached hydrogen (secondary N) is 2. The van der Waals surface area contributed by atoms with Crippen LogP contribution in [0.5, 0.6) is 0 Å². The monoisotopic (exact) mass is 333 g/mol. The standard InChI is InChI=1S/C20H19N3O2/c1-15-6-2-3-7-16(15)10-11-19(24)22-14-17-8-4-5-9-18(17)23-20(25)12-13-21/h2-11H,12,14H2,1H3,(H,22,24)(H,23,25)/b11-10+. The minimum atomic E-state index is -0.374. The lowest BCUT2D eigenvalue weighted by Crippen LogP contribution is -2.21. The molecule has 2 N–H and O–H groups in total. The van der Waals surface area contributed by atoms with Gasteiger partial charge in [-0.2, -0.15) is 5.26 Å². The minimum absolute atomic E-state index is 0.208. The van der Waals surface area contributed by atoms with Gasteiger partial charge in [-0.15, -0.1) is 0 Å². The van der Waals surface area contributed by atoms with Gasteiger partial charge in [0.05, 0.1) is 6.07 Å². The summed E-state index contributed by atoms with van der Waals surface area (Å²) in [6, 6.07) is 16.8. The lowest BCUT2D eigenvalue weighted by molar-refractivity contribution is -0.116. The van der Waals surface area contributed by atoms with E-state index < -0.39 is 0 Å². The molecule has 0 aliphatic rings. The van der Waals surface area contributed by atoms with Crippen LogP contribution in [0.2, 0.25) is 0 Å². The fourth-order valence-electron chi connectivity index (χ4n) is 2.24. The van der Waals surface area contributed by atoms with E-state index in [1.165, 1.54) is 6.08 Å². The first-order valence-electron chi connectivity index (χ1n) is 7.86. The number of aryl methyl sites for hydroxylation is 1. The van der Waals surface area contributed by atoms with Gasteiger partial charge in [0.15, 0.2) is 0 Å². The second kappa shape index (κ2) is 9.04. The number of amides is 2. The third-order valence-electron chi connectivity index (χ3n) is 3.59. The third-order valence-corrected chi connectivity index (χ3v) is 3.59. The van der Waals surface area contributed by atoms with Gasteiger partial charge in [0.1, 0.15) is 6.42 Å². The molecule has 0 radical (unpaired) electrons. The predicted molar refractivity (Wildman–Crippen MR) is 97.4 cm³/mol. The zero-order valence-corrected chi connectivity index (χ0v) is 14.0. The zero-order chi connectivity index (χ0) is 18.1. The highest BCUT2D eigenvalue weighted by molar-refractivity contribution is 5.93. The van der Waals surface area contributed by atoms with E-state index in [2.05, 4.69) is 10.6 Å². The molecule has 2 aromatic carbocycles. The molecule has 2 amide bonds. The first kappa shape index (κ1) is 18.0. The van der Waals surface area contributed by atoms with Crippen LogP contribution in [0, 0.1) is 18.3 Å². The van der Waals surface area contributed by atoms with Crippen LogP contribution >= 0.6 is 0 Å². The number of carbonyl (C=O) groups is 2. The summed E-state index contributed by atoms with van der Waals surface area (Å²) in [5, 5.41) is 14.0. The van der Waals surface area contributed by atoms with E-state index in [1.54, 1.807) is 24.3 Å². The van der Waals surface area contributed by atoms with Crippen molar-refractivity contribution in [3.8, 4) is 6.07 Å². The molecule has 2 aromatic rings. The molecule has 0 heterocycles. The molecule has 5 heteroatoms. The molecular weight excluding hydrogens is 314 g/mol. The Kier molecular flexibility index (Phi) is 6.49. The first-order chi connectivity index (χ1) is 12.1. The Labute approximate surface area is 147 Å². The topological polar surface area (TPSA) is 82.0 Å². The maximum Gasteiger partial charge on any atom is 0.244 e. The van der Waals surface area contributed by atoms with Crippen molar-refractivity contribution in [2.24, 2.45) is 0 Å². The summed E-state index contributed by atoms with van der Waals surface area (Å²) in [6.07, 6.45) is 3.05. The summed E-state index contributed by atoms with van der Waals surface area (Å²) < 4.78 is 0. The smallest absolute Gasteiger partial charge is 0.244 e. The number of rotatable bonds is 6. The van der Waals surface area contributed by atoms with E-state index in [-0.39, 0.29) is 24.8 Å². The van der Waals surface area contributed by atoms with E-state index in [4.69, 9.17) is 5.26 Å². The van der Waals surface area contributed by atoms with Crippen molar-refractivity contribution >= 4 is 23.6 Å². The average Bonchev–Trinajstić information content (AvgIpc) is 2.60. The van der Waals surface area contributed by atoms with Gasteiger partial charge in [-0.3, -0.25) is 9.59 Å². The molecule has 0 aromatic heterocycles. The molecule has 0 saturated heterocycles. The number of nitriles is 1. The number of nitrogens with zero attached hydrogens (tertiary/aromatic N) is 1. The van der Waals surface area contributed by atoms with E-state index in [0.717, 1.165) is 16.7 Å². The van der Waals surface area contributed by atoms with Gasteiger partial charge in [-0.1, -0.05) is 42.5 Å². The van der Waals surface area contributed by atoms with Crippen molar-refractivity contribution < 1.29 is 9.59 Å². The summed E-state index contributed by atoms with van der Waals surface area (Å²) in [5.74, 6) is -0.595. The summed E-state index contributed by atoms with van der Waals surface area (Å²) in [4.78, 5) is 23.6. The lowest BCUT2D eigenvalue weighted by atomic mass is 10.1. The second-order valence-corrected chi connectivity index (χ2v) is 5.45. The van der Waals surface area contributed by atoms with Crippen LogP contribution in [0.3, 0.4) is 0 Å². The van der Waals surface area contributed by atoms with Crippen LogP contribution in [-0.4, -0.2) is 11.8 Å². The Balaban J connectivity index is 1.97. The maximum absolute atomic E-state index is 12.0. The average molecular weight is 333 g/mol. The van der Waals surface area contributed by atoms with E-state index in [0.29, 0.717) is 5.69 Å². The van der Waals surface area contributed by atoms with Crippen molar-refractivity contribution in [2.45, 2.75) is 19.9 Å². The Morgan fingerprint density at radius 1 is 1.12 bits per heavy atom. The number of hydrogen-bond acceptors (Lipinski definition) is 3. The van der Waals surface area contributed by atoms with Gasteiger partial charge in [0, 0.05) is 18.3 Å². The highest BCUT2D eigenvalue weighted by atomic mass is 16.2. The Morgan fingerprint density at radius 2 is 1.84 bits per heavy atom. The number of benzene rings is 2. The molecule has 0 aliphatic carbocycles. The molecule has 5 nitrogen and oxygen atoms in total. The molecule has 0 saturated carbocycles. The summed E-state index contributed by atoms with van der Waals surface area (Å²) >= 11 is 0. The molecule has 0 fully saturated rings. The molecule has 0 bridgehead atoms. The molecular formula is C20H19N3O2. The molecule has 126 valence electrons. The van der Waals surface area contributed by atoms with Gasteiger partial charge < -0.3 is 10.6 Å². The lowest BCUT2D eigenvalue weighted by Gasteiger charge is -2.10. The Hall–Kier alpha value is -3.39. The van der Waals surface area contributed by atoms with Crippen molar-refractivity contribution in [2.75, 3.05) is 5.32 Å². The van der Waals surface area contributed by atoms with Gasteiger partial charge >= 0.3 is 0 Å². The first-order valence-corrected chi connectivity index (χ1v) is 7.86. The van der Waals surface area contributed by atoms with Crippen LogP contribution in [0.1, 0.15) is 23.1 Å². The zero-order valence-electron chi connectivity index (χ0n) is 14.0.